The van der Waals surface area contributed by atoms with Crippen LogP contribution in [-0.2, 0) is 13.0 Å². The Morgan fingerprint density at radius 2 is 2.11 bits per heavy atom. The number of thiazole rings is 1. The molecule has 0 saturated carbocycles. The van der Waals surface area contributed by atoms with Crippen LogP contribution in [0.25, 0.3) is 0 Å². The van der Waals surface area contributed by atoms with E-state index in [2.05, 4.69) is 27.5 Å². The number of halogens is 1. The highest BCUT2D eigenvalue weighted by Crippen LogP contribution is 2.28. The molecule has 0 aliphatic heterocycles. The monoisotopic (exact) mass is 520 g/mol. The van der Waals surface area contributed by atoms with Crippen molar-refractivity contribution in [2.75, 3.05) is 33.4 Å². The van der Waals surface area contributed by atoms with E-state index in [1.807, 2.05) is 31.3 Å². The van der Waals surface area contributed by atoms with Gasteiger partial charge in [-0.15, -0.1) is 35.3 Å². The Hall–Kier alpha value is -1.59. The van der Waals surface area contributed by atoms with Gasteiger partial charge in [0.15, 0.2) is 17.5 Å². The molecule has 9 heteroatoms. The molecular weight excluding hydrogens is 491 g/mol. The van der Waals surface area contributed by atoms with Crippen molar-refractivity contribution in [2.45, 2.75) is 26.8 Å². The van der Waals surface area contributed by atoms with Gasteiger partial charge in [-0.3, -0.25) is 0 Å². The molecule has 0 radical (unpaired) electrons. The number of benzene rings is 1. The van der Waals surface area contributed by atoms with Crippen LogP contribution in [0.4, 0.5) is 0 Å². The van der Waals surface area contributed by atoms with E-state index >= 15 is 0 Å². The number of rotatable bonds is 10. The molecule has 3 N–H and O–H groups in total. The van der Waals surface area contributed by atoms with Crippen LogP contribution in [-0.4, -0.2) is 49.5 Å². The van der Waals surface area contributed by atoms with E-state index in [0.29, 0.717) is 18.0 Å². The van der Waals surface area contributed by atoms with Crippen LogP contribution in [0.5, 0.6) is 11.5 Å². The third-order valence-electron chi connectivity index (χ3n) is 3.64. The maximum absolute atomic E-state index is 8.89. The fraction of sp³-hybridized carbons (Fsp3) is 0.474. The molecule has 0 amide bonds. The third-order valence-corrected chi connectivity index (χ3v) is 4.61. The number of ether oxygens (including phenoxy) is 2. The predicted molar refractivity (Wildman–Crippen MR) is 124 cm³/mol. The van der Waals surface area contributed by atoms with Gasteiger partial charge in [-0.1, -0.05) is 6.07 Å². The number of guanidine groups is 1. The first-order valence-electron chi connectivity index (χ1n) is 9.00. The summed E-state index contributed by atoms with van der Waals surface area (Å²) in [6.45, 7) is 6.39. The van der Waals surface area contributed by atoms with Crippen molar-refractivity contribution >= 4 is 41.3 Å². The highest BCUT2D eigenvalue weighted by Gasteiger charge is 2.06. The van der Waals surface area contributed by atoms with Gasteiger partial charge in [0.2, 0.25) is 0 Å². The third kappa shape index (κ3) is 8.19. The van der Waals surface area contributed by atoms with E-state index < -0.39 is 0 Å². The molecule has 2 aromatic rings. The standard InChI is InChI=1S/C19H28N4O3S.HI/c1-4-20-19(21-8-7-18-22-12-14(2)27-18)23-13-15-5-6-16(26-10-9-24)17(11-15)25-3;/h5-6,11-12,24H,4,7-10,13H2,1-3H3,(H2,20,21,23);1H. The molecule has 0 atom stereocenters. The van der Waals surface area contributed by atoms with E-state index in [1.165, 1.54) is 4.88 Å². The fourth-order valence-corrected chi connectivity index (χ4v) is 3.19. The molecule has 0 saturated heterocycles. The molecule has 0 aliphatic rings. The molecule has 156 valence electrons. The highest BCUT2D eigenvalue weighted by molar-refractivity contribution is 14.0. The van der Waals surface area contributed by atoms with Gasteiger partial charge in [0.1, 0.15) is 6.61 Å². The lowest BCUT2D eigenvalue weighted by atomic mass is 10.2. The first kappa shape index (κ1) is 24.4. The smallest absolute Gasteiger partial charge is 0.191 e. The molecule has 1 heterocycles. The first-order chi connectivity index (χ1) is 13.2. The van der Waals surface area contributed by atoms with E-state index in [1.54, 1.807) is 18.4 Å². The Balaban J connectivity index is 0.00000392. The number of aliphatic hydroxyl groups excluding tert-OH is 1. The van der Waals surface area contributed by atoms with Gasteiger partial charge in [0.05, 0.1) is 25.3 Å². The van der Waals surface area contributed by atoms with Crippen LogP contribution >= 0.6 is 35.3 Å². The van der Waals surface area contributed by atoms with Crippen LogP contribution in [0, 0.1) is 6.92 Å². The SMILES string of the molecule is CCNC(=NCc1ccc(OCCO)c(OC)c1)NCCc1ncc(C)s1.I. The molecule has 0 unspecified atom stereocenters. The van der Waals surface area contributed by atoms with E-state index in [-0.39, 0.29) is 37.2 Å². The normalized spacial score (nSPS) is 10.9. The van der Waals surface area contributed by atoms with Crippen molar-refractivity contribution in [1.82, 2.24) is 15.6 Å². The van der Waals surface area contributed by atoms with Crippen LogP contribution in [0.1, 0.15) is 22.4 Å². The number of nitrogens with zero attached hydrogens (tertiary/aromatic N) is 2. The Morgan fingerprint density at radius 3 is 2.75 bits per heavy atom. The average molecular weight is 520 g/mol. The number of aryl methyl sites for hydroxylation is 1. The lowest BCUT2D eigenvalue weighted by Crippen LogP contribution is -2.38. The summed E-state index contributed by atoms with van der Waals surface area (Å²) in [6.07, 6.45) is 2.77. The minimum absolute atomic E-state index is 0. The second-order valence-corrected chi connectivity index (χ2v) is 7.11. The van der Waals surface area contributed by atoms with Crippen molar-refractivity contribution in [3.8, 4) is 11.5 Å². The van der Waals surface area contributed by atoms with Crippen LogP contribution in [0.3, 0.4) is 0 Å². The quantitative estimate of drug-likeness (QED) is 0.254. The summed E-state index contributed by atoms with van der Waals surface area (Å²) in [5.74, 6) is 2.02. The van der Waals surface area contributed by atoms with Gasteiger partial charge in [-0.05, 0) is 31.5 Å². The Bertz CT molecular complexity index is 740. The summed E-state index contributed by atoms with van der Waals surface area (Å²) < 4.78 is 10.8. The molecule has 0 aliphatic carbocycles. The van der Waals surface area contributed by atoms with Gasteiger partial charge >= 0.3 is 0 Å². The molecule has 0 bridgehead atoms. The number of aliphatic hydroxyl groups is 1. The lowest BCUT2D eigenvalue weighted by molar-refractivity contribution is 0.196. The molecule has 1 aromatic heterocycles. The second kappa shape index (κ2) is 13.6. The average Bonchev–Trinajstić information content (AvgIpc) is 3.09. The molecule has 2 rings (SSSR count). The Kier molecular flexibility index (Phi) is 11.8. The maximum Gasteiger partial charge on any atom is 0.191 e. The summed E-state index contributed by atoms with van der Waals surface area (Å²) in [5, 5.41) is 16.6. The Labute approximate surface area is 187 Å². The van der Waals surface area contributed by atoms with E-state index in [4.69, 9.17) is 14.6 Å². The van der Waals surface area contributed by atoms with Crippen molar-refractivity contribution < 1.29 is 14.6 Å². The molecular formula is C19H29IN4O3S. The zero-order valence-electron chi connectivity index (χ0n) is 16.5. The van der Waals surface area contributed by atoms with Crippen LogP contribution < -0.4 is 20.1 Å². The van der Waals surface area contributed by atoms with E-state index in [9.17, 15) is 0 Å². The van der Waals surface area contributed by atoms with Crippen molar-refractivity contribution in [3.05, 3.63) is 39.8 Å². The van der Waals surface area contributed by atoms with Crippen molar-refractivity contribution in [2.24, 2.45) is 4.99 Å². The van der Waals surface area contributed by atoms with Crippen LogP contribution in [0.2, 0.25) is 0 Å². The first-order valence-corrected chi connectivity index (χ1v) is 9.82. The summed E-state index contributed by atoms with van der Waals surface area (Å²) in [7, 11) is 1.60. The minimum atomic E-state index is -0.0342. The minimum Gasteiger partial charge on any atom is -0.493 e. The maximum atomic E-state index is 8.89. The summed E-state index contributed by atoms with van der Waals surface area (Å²) in [6, 6.07) is 5.68. The van der Waals surface area contributed by atoms with Crippen molar-refractivity contribution in [1.29, 1.82) is 0 Å². The number of aromatic nitrogens is 1. The number of nitrogens with one attached hydrogen (secondary N) is 2. The number of hydrogen-bond acceptors (Lipinski definition) is 6. The summed E-state index contributed by atoms with van der Waals surface area (Å²) in [5.41, 5.74) is 1.01. The molecule has 0 fully saturated rings. The highest BCUT2D eigenvalue weighted by atomic mass is 127. The summed E-state index contributed by atoms with van der Waals surface area (Å²) >= 11 is 1.72. The van der Waals surface area contributed by atoms with E-state index in [0.717, 1.165) is 36.0 Å². The number of aliphatic imine (C=N–C) groups is 1. The van der Waals surface area contributed by atoms with Gasteiger partial charge in [-0.25, -0.2) is 9.98 Å². The fourth-order valence-electron chi connectivity index (χ4n) is 2.40. The van der Waals surface area contributed by atoms with Gasteiger partial charge in [0, 0.05) is 30.6 Å². The van der Waals surface area contributed by atoms with Gasteiger partial charge in [-0.2, -0.15) is 0 Å². The second-order valence-electron chi connectivity index (χ2n) is 5.79. The topological polar surface area (TPSA) is 88.0 Å². The summed E-state index contributed by atoms with van der Waals surface area (Å²) in [4.78, 5) is 10.2. The molecule has 1 aromatic carbocycles. The zero-order chi connectivity index (χ0) is 19.5. The molecule has 0 spiro atoms. The number of hydrogen-bond donors (Lipinski definition) is 3. The Morgan fingerprint density at radius 1 is 1.29 bits per heavy atom. The van der Waals surface area contributed by atoms with Gasteiger partial charge < -0.3 is 25.2 Å². The largest absolute Gasteiger partial charge is 0.493 e. The molecule has 28 heavy (non-hydrogen) atoms. The van der Waals surface area contributed by atoms with Gasteiger partial charge in [0.25, 0.3) is 0 Å². The molecule has 7 nitrogen and oxygen atoms in total. The van der Waals surface area contributed by atoms with Crippen molar-refractivity contribution in [3.63, 3.8) is 0 Å². The van der Waals surface area contributed by atoms with Crippen LogP contribution in [0.15, 0.2) is 29.4 Å². The predicted octanol–water partition coefficient (Wildman–Crippen LogP) is 2.75. The lowest BCUT2D eigenvalue weighted by Gasteiger charge is -2.12. The number of methoxy groups -OCH3 is 1. The zero-order valence-corrected chi connectivity index (χ0v) is 19.7.